The molecule has 10 N–H and O–H groups in total. The van der Waals surface area contributed by atoms with Crippen molar-refractivity contribution in [1.29, 1.82) is 0 Å². The van der Waals surface area contributed by atoms with Crippen molar-refractivity contribution in [2.45, 2.75) is 82.7 Å². The molecule has 5 aromatic carbocycles. The predicted molar refractivity (Wildman–Crippen MR) is 503 cm³/mol. The molecule has 7 aliphatic rings. The molecule has 7 heterocycles. The highest BCUT2D eigenvalue weighted by Gasteiger charge is 2.40. The van der Waals surface area contributed by atoms with Gasteiger partial charge >= 0.3 is 35.8 Å². The van der Waals surface area contributed by atoms with E-state index in [0.29, 0.717) is 132 Å². The lowest BCUT2D eigenvalue weighted by Crippen LogP contribution is -2.52. The number of aliphatic carboxylic acids is 2. The van der Waals surface area contributed by atoms with Crippen LogP contribution in [-0.2, 0) is 86.0 Å². The number of ether oxygens (including phenoxy) is 5. The summed E-state index contributed by atoms with van der Waals surface area (Å²) in [6.45, 7) is 9.88. The van der Waals surface area contributed by atoms with Crippen LogP contribution in [0.15, 0.2) is 152 Å². The van der Waals surface area contributed by atoms with Crippen molar-refractivity contribution < 1.29 is 120 Å². The maximum absolute atomic E-state index is 12.9. The normalized spacial score (nSPS) is 20.3. The summed E-state index contributed by atoms with van der Waals surface area (Å²) in [6, 6.07) is 39.0. The molecule has 1 unspecified atom stereocenters. The lowest BCUT2D eigenvalue weighted by atomic mass is 10.2. The summed E-state index contributed by atoms with van der Waals surface area (Å²) in [5, 5.41) is 34.0. The Morgan fingerprint density at radius 1 is 0.338 bits per heavy atom. The van der Waals surface area contributed by atoms with Crippen LogP contribution < -0.4 is 37.6 Å². The molecule has 7 fully saturated rings. The number of nitrogens with zero attached hydrogens (tertiary/aromatic N) is 6. The molecule has 0 spiro atoms. The van der Waals surface area contributed by atoms with Gasteiger partial charge in [-0.05, 0) is 88.4 Å². The van der Waals surface area contributed by atoms with Crippen LogP contribution in [0.4, 0.5) is 0 Å². The average Bonchev–Trinajstić information content (AvgIpc) is 1.74. The van der Waals surface area contributed by atoms with Crippen molar-refractivity contribution in [3.05, 3.63) is 179 Å². The van der Waals surface area contributed by atoms with Crippen molar-refractivity contribution in [1.82, 2.24) is 61.3 Å². The van der Waals surface area contributed by atoms with Gasteiger partial charge in [-0.15, -0.1) is 0 Å². The smallest absolute Gasteiger partial charge is 0.325 e. The van der Waals surface area contributed by atoms with Gasteiger partial charge in [0.1, 0.15) is 69.0 Å². The Hall–Kier alpha value is -11.4. The summed E-state index contributed by atoms with van der Waals surface area (Å²) in [4.78, 5) is 224. The SMILES string of the molecule is CCOC(=O)CN1CCSC[C@H](N)C1=O.CCOC(=O)CN1CCSC[C@H](NC(=O)c2ccccc2)C1=O.CCOC(=O)CN1CCSC[C@H](NC(=O)c2ccccc2)C1=O.CCOC1OC(=O)C[C@@H]1NC(=O)CN1CCSC[C@H](NC(=O)c2ccccc2)C1=O.O=C(O)CN1CCSC[C@H](NC(=O)c2ccccc2)C1=O.O=C(O)CN1CCSC[C@H](NC(=O)c2ccccc2)C1=O. The lowest BCUT2D eigenvalue weighted by molar-refractivity contribution is -0.164. The standard InChI is InChI=1S/C20H25N3O6S.2C16H20N2O4S.2C14H16N2O4S.C9H16N2O3S/c1-2-28-20-14(10-17(25)29-20)21-16(24)11-23-8-9-30-12-15(19(23)27)22-18(26)13-6-4-3-5-7-13;2*1-2-22-14(19)10-18-8-9-23-11-13(16(18)21)17-15(20)12-6-4-3-5-7-12;2*17-12(18)8-16-6-7-21-9-11(14(16)20)15-13(19)10-4-2-1-3-5-10;1-2-14-8(12)5-11-3-4-15-6-7(10)9(11)13/h3-7,14-15,20H,2,8-12H2,1H3,(H,21,24)(H,22,26);2*3-7,13H,2,8-11H2,1H3,(H,17,20);2*1-5,11H,6-9H2,(H,15,19)(H,17,18);7H,2-6,10H2,1H3/t14-,15-,20?;2*13-;2*11-;7-/m000000/s1. The number of thioether (sulfide) groups is 6. The van der Waals surface area contributed by atoms with E-state index in [2.05, 4.69) is 31.9 Å². The van der Waals surface area contributed by atoms with E-state index in [-0.39, 0.29) is 130 Å². The molecule has 720 valence electrons. The fourth-order valence-corrected chi connectivity index (χ4v) is 18.9. The van der Waals surface area contributed by atoms with Crippen molar-refractivity contribution in [3.63, 3.8) is 0 Å². The molecule has 0 radical (unpaired) electrons. The second-order valence-electron chi connectivity index (χ2n) is 29.5. The molecule has 38 nitrogen and oxygen atoms in total. The summed E-state index contributed by atoms with van der Waals surface area (Å²) in [5.74, 6) is -0.170. The van der Waals surface area contributed by atoms with Crippen molar-refractivity contribution >= 4 is 177 Å². The molecule has 0 saturated carbocycles. The first-order valence-electron chi connectivity index (χ1n) is 42.8. The van der Waals surface area contributed by atoms with Gasteiger partial charge in [0.25, 0.3) is 29.5 Å². The lowest BCUT2D eigenvalue weighted by Gasteiger charge is -2.25. The van der Waals surface area contributed by atoms with E-state index in [1.807, 2.05) is 18.2 Å². The zero-order valence-electron chi connectivity index (χ0n) is 74.1. The molecule has 7 aliphatic heterocycles. The molecule has 5 aromatic rings. The van der Waals surface area contributed by atoms with Gasteiger partial charge in [-0.25, -0.2) is 0 Å². The number of cyclic esters (lactones) is 1. The Morgan fingerprint density at radius 3 is 0.827 bits per heavy atom. The fourth-order valence-electron chi connectivity index (χ4n) is 13.1. The minimum absolute atomic E-state index is 0.0148. The van der Waals surface area contributed by atoms with Gasteiger partial charge in [0.15, 0.2) is 0 Å². The minimum Gasteiger partial charge on any atom is -0.480 e. The van der Waals surface area contributed by atoms with Gasteiger partial charge in [-0.2, -0.15) is 70.6 Å². The third-order valence-corrected chi connectivity index (χ3v) is 25.9. The number of amides is 12. The molecule has 7 saturated heterocycles. The van der Waals surface area contributed by atoms with Crippen LogP contribution >= 0.6 is 70.6 Å². The number of nitrogens with one attached hydrogen (secondary N) is 6. The maximum atomic E-state index is 12.9. The van der Waals surface area contributed by atoms with Crippen LogP contribution in [0.5, 0.6) is 0 Å². The van der Waals surface area contributed by atoms with Crippen molar-refractivity contribution in [3.8, 4) is 0 Å². The topological polar surface area (TPSA) is 512 Å². The summed E-state index contributed by atoms with van der Waals surface area (Å²) in [6.07, 6.45) is -0.796. The van der Waals surface area contributed by atoms with Crippen molar-refractivity contribution in [2.24, 2.45) is 5.73 Å². The van der Waals surface area contributed by atoms with E-state index in [1.54, 1.807) is 208 Å². The number of carbonyl (C=O) groups excluding carboxylic acids is 16. The van der Waals surface area contributed by atoms with Gasteiger partial charge in [0, 0.05) is 143 Å². The Labute approximate surface area is 795 Å². The van der Waals surface area contributed by atoms with E-state index in [1.165, 1.54) is 52.9 Å². The first-order chi connectivity index (χ1) is 64.0. The maximum Gasteiger partial charge on any atom is 0.325 e. The second-order valence-corrected chi connectivity index (χ2v) is 36.4. The number of hydrogen-bond donors (Lipinski definition) is 9. The Balaban J connectivity index is 0.000000220. The summed E-state index contributed by atoms with van der Waals surface area (Å²) >= 11 is 9.38. The quantitative estimate of drug-likeness (QED) is 0.0256. The molecule has 44 heteroatoms. The Morgan fingerprint density at radius 2 is 0.579 bits per heavy atom. The van der Waals surface area contributed by atoms with Crippen LogP contribution in [0.3, 0.4) is 0 Å². The summed E-state index contributed by atoms with van der Waals surface area (Å²) in [7, 11) is 0. The second kappa shape index (κ2) is 59.3. The van der Waals surface area contributed by atoms with E-state index < -0.39 is 84.3 Å². The molecular weight excluding hydrogens is 1840 g/mol. The van der Waals surface area contributed by atoms with Gasteiger partial charge in [-0.3, -0.25) is 86.3 Å². The minimum atomic E-state index is -1.05. The van der Waals surface area contributed by atoms with Crippen LogP contribution in [0.2, 0.25) is 0 Å². The average molecular weight is 1960 g/mol. The molecule has 0 bridgehead atoms. The third kappa shape index (κ3) is 38.2. The van der Waals surface area contributed by atoms with Gasteiger partial charge in [-0.1, -0.05) is 91.0 Å². The van der Waals surface area contributed by atoms with Crippen LogP contribution in [0.1, 0.15) is 85.9 Å². The molecule has 12 rings (SSSR count). The zero-order valence-corrected chi connectivity index (χ0v) is 79.0. The molecule has 133 heavy (non-hydrogen) atoms. The predicted octanol–water partition coefficient (Wildman–Crippen LogP) is 2.34. The number of esters is 4. The van der Waals surface area contributed by atoms with E-state index in [4.69, 9.17) is 39.6 Å². The zero-order chi connectivity index (χ0) is 96.6. The molecule has 8 atom stereocenters. The van der Waals surface area contributed by atoms with Crippen LogP contribution in [0, 0.1) is 0 Å². The molecule has 0 aromatic heterocycles. The highest BCUT2D eigenvalue weighted by Crippen LogP contribution is 2.22. The number of carboxylic acid groups (broad SMARTS) is 2. The first kappa shape index (κ1) is 109. The van der Waals surface area contributed by atoms with E-state index >= 15 is 0 Å². The third-order valence-electron chi connectivity index (χ3n) is 19.6. The monoisotopic (exact) mass is 1960 g/mol. The Kier molecular flexibility index (Phi) is 48.4. The highest BCUT2D eigenvalue weighted by atomic mass is 32.2. The number of carbonyl (C=O) groups is 18. The summed E-state index contributed by atoms with van der Waals surface area (Å²) in [5.41, 5.74) is 8.09. The fraction of sp³-hybridized carbons (Fsp3) is 0.461. The van der Waals surface area contributed by atoms with Gasteiger partial charge < -0.3 is 101 Å². The number of hydrogen-bond acceptors (Lipinski definition) is 30. The number of benzene rings is 5. The van der Waals surface area contributed by atoms with E-state index in [9.17, 15) is 86.3 Å². The van der Waals surface area contributed by atoms with Crippen LogP contribution in [-0.4, -0.2) is 369 Å². The van der Waals surface area contributed by atoms with E-state index in [0.717, 1.165) is 17.3 Å². The molecule has 12 amide bonds. The van der Waals surface area contributed by atoms with Gasteiger partial charge in [0.05, 0.1) is 38.8 Å². The molecular formula is C89H113N13O25S6. The molecule has 0 aliphatic carbocycles. The Bertz CT molecular complexity index is 4510. The number of carboxylic acids is 2. The summed E-state index contributed by atoms with van der Waals surface area (Å²) < 4.78 is 24.9. The van der Waals surface area contributed by atoms with Crippen molar-refractivity contribution in [2.75, 3.05) is 174 Å². The van der Waals surface area contributed by atoms with Crippen LogP contribution in [0.25, 0.3) is 0 Å². The first-order valence-corrected chi connectivity index (χ1v) is 49.7. The van der Waals surface area contributed by atoms with Gasteiger partial charge in [0.2, 0.25) is 47.6 Å². The highest BCUT2D eigenvalue weighted by molar-refractivity contribution is 8.00. The number of nitrogens with two attached hydrogens (primary N) is 1. The number of rotatable bonds is 28. The largest absolute Gasteiger partial charge is 0.480 e.